The lowest BCUT2D eigenvalue weighted by atomic mass is 10.7. The van der Waals surface area contributed by atoms with E-state index in [1.54, 1.807) is 11.9 Å². The predicted octanol–water partition coefficient (Wildman–Crippen LogP) is -0.677. The second-order valence-electron chi connectivity index (χ2n) is 1.92. The van der Waals surface area contributed by atoms with Gasteiger partial charge in [0.15, 0.2) is 6.67 Å². The SMILES string of the molecule is CC1=[N+]([O-])CN(C)N1. The van der Waals surface area contributed by atoms with E-state index in [2.05, 4.69) is 5.43 Å². The molecule has 0 saturated heterocycles. The van der Waals surface area contributed by atoms with Gasteiger partial charge >= 0.3 is 0 Å². The molecular weight excluding hydrogens is 106 g/mol. The summed E-state index contributed by atoms with van der Waals surface area (Å²) in [7, 11) is 1.82. The van der Waals surface area contributed by atoms with Gasteiger partial charge < -0.3 is 5.21 Å². The zero-order chi connectivity index (χ0) is 6.15. The topological polar surface area (TPSA) is 41.3 Å². The van der Waals surface area contributed by atoms with Gasteiger partial charge in [0.25, 0.3) is 5.84 Å². The van der Waals surface area contributed by atoms with Crippen LogP contribution in [0.2, 0.25) is 0 Å². The van der Waals surface area contributed by atoms with Gasteiger partial charge in [-0.1, -0.05) is 0 Å². The molecule has 0 atom stereocenters. The lowest BCUT2D eigenvalue weighted by molar-refractivity contribution is -0.466. The Bertz CT molecular complexity index is 117. The molecule has 1 rings (SSSR count). The molecule has 4 nitrogen and oxygen atoms in total. The maximum Gasteiger partial charge on any atom is 0.264 e. The number of nitrogens with one attached hydrogen (secondary N) is 1. The van der Waals surface area contributed by atoms with Gasteiger partial charge in [-0.2, -0.15) is 5.43 Å². The van der Waals surface area contributed by atoms with Crippen LogP contribution in [-0.4, -0.2) is 29.3 Å². The van der Waals surface area contributed by atoms with Crippen LogP contribution >= 0.6 is 0 Å². The maximum absolute atomic E-state index is 10.6. The molecule has 8 heavy (non-hydrogen) atoms. The summed E-state index contributed by atoms with van der Waals surface area (Å²) in [6.45, 7) is 2.17. The van der Waals surface area contributed by atoms with Crippen molar-refractivity contribution < 1.29 is 4.74 Å². The summed E-state index contributed by atoms with van der Waals surface area (Å²) < 4.78 is 0.903. The number of nitrogens with zero attached hydrogens (tertiary/aromatic N) is 2. The fourth-order valence-corrected chi connectivity index (χ4v) is 0.666. The summed E-state index contributed by atoms with van der Waals surface area (Å²) >= 11 is 0. The van der Waals surface area contributed by atoms with Gasteiger partial charge in [-0.15, -0.1) is 5.01 Å². The van der Waals surface area contributed by atoms with Crippen molar-refractivity contribution >= 4 is 5.84 Å². The molecule has 0 amide bonds. The molecule has 1 aliphatic rings. The van der Waals surface area contributed by atoms with Crippen LogP contribution in [0.4, 0.5) is 0 Å². The Balaban J connectivity index is 2.60. The van der Waals surface area contributed by atoms with Crippen LogP contribution in [0.1, 0.15) is 6.92 Å². The van der Waals surface area contributed by atoms with Gasteiger partial charge in [0.1, 0.15) is 0 Å². The average molecular weight is 115 g/mol. The van der Waals surface area contributed by atoms with Crippen molar-refractivity contribution in [1.29, 1.82) is 0 Å². The second-order valence-corrected chi connectivity index (χ2v) is 1.92. The Kier molecular flexibility index (Phi) is 1.09. The normalized spacial score (nSPS) is 21.8. The van der Waals surface area contributed by atoms with Crippen LogP contribution in [0.15, 0.2) is 0 Å². The van der Waals surface area contributed by atoms with E-state index in [4.69, 9.17) is 0 Å². The van der Waals surface area contributed by atoms with Gasteiger partial charge in [-0.25, -0.2) is 0 Å². The number of hydrogen-bond acceptors (Lipinski definition) is 3. The number of hydroxylamine groups is 1. The van der Waals surface area contributed by atoms with Crippen molar-refractivity contribution in [2.75, 3.05) is 13.7 Å². The number of amidine groups is 1. The largest absolute Gasteiger partial charge is 0.714 e. The molecule has 0 saturated carbocycles. The quantitative estimate of drug-likeness (QED) is 0.336. The van der Waals surface area contributed by atoms with E-state index >= 15 is 0 Å². The highest BCUT2D eigenvalue weighted by Crippen LogP contribution is 1.87. The summed E-state index contributed by atoms with van der Waals surface area (Å²) in [6, 6.07) is 0. The van der Waals surface area contributed by atoms with Gasteiger partial charge in [-0.05, 0) is 0 Å². The summed E-state index contributed by atoms with van der Waals surface area (Å²) in [5.41, 5.74) is 2.83. The molecule has 0 aromatic carbocycles. The maximum atomic E-state index is 10.6. The summed E-state index contributed by atoms with van der Waals surface area (Å²) in [5, 5.41) is 12.3. The first-order chi connectivity index (χ1) is 3.70. The highest BCUT2D eigenvalue weighted by atomic mass is 16.5. The van der Waals surface area contributed by atoms with Gasteiger partial charge in [0, 0.05) is 14.0 Å². The van der Waals surface area contributed by atoms with E-state index in [1.807, 2.05) is 7.05 Å². The predicted molar refractivity (Wildman–Crippen MR) is 30.1 cm³/mol. The summed E-state index contributed by atoms with van der Waals surface area (Å²) in [5.74, 6) is 0.660. The molecule has 46 valence electrons. The fourth-order valence-electron chi connectivity index (χ4n) is 0.666. The Hall–Kier alpha value is -0.770. The smallest absolute Gasteiger partial charge is 0.264 e. The Morgan fingerprint density at radius 3 is 2.62 bits per heavy atom. The molecule has 0 aromatic heterocycles. The minimum Gasteiger partial charge on any atom is -0.714 e. The molecule has 0 spiro atoms. The van der Waals surface area contributed by atoms with Crippen LogP contribution in [0.5, 0.6) is 0 Å². The first kappa shape index (κ1) is 5.37. The van der Waals surface area contributed by atoms with Crippen LogP contribution < -0.4 is 5.43 Å². The molecule has 0 fully saturated rings. The highest BCUT2D eigenvalue weighted by Gasteiger charge is 2.15. The van der Waals surface area contributed by atoms with E-state index in [0.717, 1.165) is 4.74 Å². The van der Waals surface area contributed by atoms with Gasteiger partial charge in [0.2, 0.25) is 0 Å². The van der Waals surface area contributed by atoms with Crippen molar-refractivity contribution in [3.05, 3.63) is 5.21 Å². The Morgan fingerprint density at radius 2 is 2.50 bits per heavy atom. The van der Waals surface area contributed by atoms with E-state index in [0.29, 0.717) is 12.5 Å². The van der Waals surface area contributed by atoms with Crippen molar-refractivity contribution in [2.24, 2.45) is 0 Å². The standard InChI is InChI=1S/C4H9N3O/c1-4-5-6(2)3-7(4)8/h5H,3H2,1-2H3. The first-order valence-corrected chi connectivity index (χ1v) is 2.46. The Morgan fingerprint density at radius 1 is 1.88 bits per heavy atom. The molecule has 0 aliphatic carbocycles. The van der Waals surface area contributed by atoms with Crippen molar-refractivity contribution in [1.82, 2.24) is 10.4 Å². The van der Waals surface area contributed by atoms with Gasteiger partial charge in [-0.3, -0.25) is 4.74 Å². The average Bonchev–Trinajstić information content (AvgIpc) is 1.85. The molecule has 0 aromatic rings. The van der Waals surface area contributed by atoms with Crippen molar-refractivity contribution in [3.63, 3.8) is 0 Å². The van der Waals surface area contributed by atoms with Crippen LogP contribution in [0, 0.1) is 5.21 Å². The number of rotatable bonds is 0. The van der Waals surface area contributed by atoms with Crippen LogP contribution in [0.25, 0.3) is 0 Å². The molecule has 4 heteroatoms. The molecule has 0 unspecified atom stereocenters. The molecular formula is C4H9N3O. The lowest BCUT2D eigenvalue weighted by Gasteiger charge is -2.01. The number of hydrogen-bond donors (Lipinski definition) is 1. The third-order valence-corrected chi connectivity index (χ3v) is 1.07. The van der Waals surface area contributed by atoms with E-state index in [-0.39, 0.29) is 0 Å². The van der Waals surface area contributed by atoms with E-state index in [9.17, 15) is 5.21 Å². The zero-order valence-corrected chi connectivity index (χ0v) is 5.01. The van der Waals surface area contributed by atoms with Gasteiger partial charge in [0.05, 0.1) is 0 Å². The zero-order valence-electron chi connectivity index (χ0n) is 5.01. The van der Waals surface area contributed by atoms with Crippen molar-refractivity contribution in [2.45, 2.75) is 6.92 Å². The Labute approximate surface area is 48.0 Å². The second kappa shape index (κ2) is 1.63. The monoisotopic (exact) mass is 115 g/mol. The van der Waals surface area contributed by atoms with E-state index < -0.39 is 0 Å². The third-order valence-electron chi connectivity index (χ3n) is 1.07. The van der Waals surface area contributed by atoms with E-state index in [1.165, 1.54) is 0 Å². The summed E-state index contributed by atoms with van der Waals surface area (Å²) in [4.78, 5) is 0. The molecule has 1 aliphatic heterocycles. The van der Waals surface area contributed by atoms with Crippen molar-refractivity contribution in [3.8, 4) is 0 Å². The summed E-state index contributed by atoms with van der Waals surface area (Å²) in [6.07, 6.45) is 0. The fraction of sp³-hybridized carbons (Fsp3) is 0.750. The highest BCUT2D eigenvalue weighted by molar-refractivity contribution is 5.74. The number of hydrazine groups is 1. The van der Waals surface area contributed by atoms with Crippen LogP contribution in [-0.2, 0) is 0 Å². The van der Waals surface area contributed by atoms with Crippen LogP contribution in [0.3, 0.4) is 0 Å². The molecule has 0 bridgehead atoms. The molecule has 0 radical (unpaired) electrons. The third kappa shape index (κ3) is 0.742. The minimum absolute atomic E-state index is 0.422. The molecule has 1 N–H and O–H groups in total. The first-order valence-electron chi connectivity index (χ1n) is 2.46. The molecule has 1 heterocycles. The minimum atomic E-state index is 0.422. The lowest BCUT2D eigenvalue weighted by Crippen LogP contribution is -2.30.